The van der Waals surface area contributed by atoms with Crippen LogP contribution in [0.25, 0.3) is 10.9 Å². The predicted octanol–water partition coefficient (Wildman–Crippen LogP) is 3.90. The number of nitrogens with zero attached hydrogens (tertiary/aromatic N) is 1. The number of ether oxygens (including phenoxy) is 3. The Bertz CT molecular complexity index is 1030. The van der Waals surface area contributed by atoms with Crippen molar-refractivity contribution in [2.45, 2.75) is 12.8 Å². The summed E-state index contributed by atoms with van der Waals surface area (Å²) >= 11 is 0. The number of nitrogens with one attached hydrogen (secondary N) is 3. The lowest BCUT2D eigenvalue weighted by atomic mass is 10.1. The molecule has 174 valence electrons. The molecule has 9 heteroatoms. The fourth-order valence-electron chi connectivity index (χ4n) is 3.52. The Morgan fingerprint density at radius 3 is 2.22 bits per heavy atom. The third kappa shape index (κ3) is 6.18. The van der Waals surface area contributed by atoms with Crippen molar-refractivity contribution in [2.75, 3.05) is 41.5 Å². The number of guanidine groups is 1. The highest BCUT2D eigenvalue weighted by atomic mass is 127. The number of benzene rings is 2. The lowest BCUT2D eigenvalue weighted by Crippen LogP contribution is -2.39. The van der Waals surface area contributed by atoms with E-state index in [0.29, 0.717) is 42.7 Å². The largest absolute Gasteiger partial charge is 0.496 e. The van der Waals surface area contributed by atoms with Crippen LogP contribution in [0.3, 0.4) is 0 Å². The Morgan fingerprint density at radius 1 is 0.969 bits per heavy atom. The van der Waals surface area contributed by atoms with Crippen LogP contribution in [0.1, 0.15) is 11.1 Å². The number of aromatic nitrogens is 1. The Balaban J connectivity index is 0.00000363. The minimum atomic E-state index is -0.233. The van der Waals surface area contributed by atoms with Gasteiger partial charge in [0.2, 0.25) is 0 Å². The van der Waals surface area contributed by atoms with Gasteiger partial charge in [0.05, 0.1) is 21.3 Å². The summed E-state index contributed by atoms with van der Waals surface area (Å²) < 4.78 is 29.8. The van der Waals surface area contributed by atoms with Gasteiger partial charge in [0, 0.05) is 54.9 Å². The van der Waals surface area contributed by atoms with E-state index in [1.165, 1.54) is 6.07 Å². The summed E-state index contributed by atoms with van der Waals surface area (Å²) in [4.78, 5) is 7.45. The summed E-state index contributed by atoms with van der Waals surface area (Å²) in [5.41, 5.74) is 2.95. The number of fused-ring (bicyclic) bond motifs is 1. The van der Waals surface area contributed by atoms with E-state index in [1.54, 1.807) is 40.5 Å². The fourth-order valence-corrected chi connectivity index (χ4v) is 3.52. The predicted molar refractivity (Wildman–Crippen MR) is 137 cm³/mol. The smallest absolute Gasteiger partial charge is 0.190 e. The second-order valence-electron chi connectivity index (χ2n) is 6.94. The summed E-state index contributed by atoms with van der Waals surface area (Å²) in [6.07, 6.45) is 3.34. The van der Waals surface area contributed by atoms with Gasteiger partial charge in [-0.15, -0.1) is 24.0 Å². The van der Waals surface area contributed by atoms with Gasteiger partial charge >= 0.3 is 0 Å². The third-order valence-electron chi connectivity index (χ3n) is 5.12. The molecule has 0 atom stereocenters. The van der Waals surface area contributed by atoms with Crippen LogP contribution < -0.4 is 24.8 Å². The molecule has 0 amide bonds. The van der Waals surface area contributed by atoms with Crippen LogP contribution in [0.15, 0.2) is 41.5 Å². The Kier molecular flexibility index (Phi) is 9.89. The van der Waals surface area contributed by atoms with Gasteiger partial charge in [-0.25, -0.2) is 4.39 Å². The molecule has 0 saturated heterocycles. The Morgan fingerprint density at radius 2 is 1.62 bits per heavy atom. The van der Waals surface area contributed by atoms with E-state index in [2.05, 4.69) is 20.6 Å². The maximum absolute atomic E-state index is 13.5. The number of H-pyrrole nitrogens is 1. The molecule has 3 aromatic rings. The van der Waals surface area contributed by atoms with Gasteiger partial charge in [-0.05, 0) is 36.6 Å². The SMILES string of the molecule is CN=C(NCCc1c(OC)cc(OC)cc1OC)NCCc1c[nH]c2ccc(F)cc12.I. The number of methoxy groups -OCH3 is 3. The molecule has 0 radical (unpaired) electrons. The van der Waals surface area contributed by atoms with E-state index in [1.807, 2.05) is 18.3 Å². The minimum Gasteiger partial charge on any atom is -0.496 e. The van der Waals surface area contributed by atoms with Crippen LogP contribution in [0.2, 0.25) is 0 Å². The molecule has 0 unspecified atom stereocenters. The van der Waals surface area contributed by atoms with Gasteiger partial charge in [-0.2, -0.15) is 0 Å². The van der Waals surface area contributed by atoms with Gasteiger partial charge in [0.15, 0.2) is 5.96 Å². The zero-order valence-electron chi connectivity index (χ0n) is 18.8. The molecule has 32 heavy (non-hydrogen) atoms. The molecule has 0 aliphatic carbocycles. The van der Waals surface area contributed by atoms with Crippen molar-refractivity contribution in [3.63, 3.8) is 0 Å². The van der Waals surface area contributed by atoms with Crippen LogP contribution in [0.5, 0.6) is 17.2 Å². The van der Waals surface area contributed by atoms with Crippen molar-refractivity contribution in [3.8, 4) is 17.2 Å². The molecule has 7 nitrogen and oxygen atoms in total. The molecule has 0 saturated carbocycles. The van der Waals surface area contributed by atoms with Crippen molar-refractivity contribution in [3.05, 3.63) is 53.5 Å². The van der Waals surface area contributed by atoms with E-state index in [0.717, 1.165) is 28.5 Å². The van der Waals surface area contributed by atoms with Crippen molar-refractivity contribution in [2.24, 2.45) is 4.99 Å². The Hall–Kier alpha value is -2.69. The van der Waals surface area contributed by atoms with Crippen molar-refractivity contribution < 1.29 is 18.6 Å². The third-order valence-corrected chi connectivity index (χ3v) is 5.12. The van der Waals surface area contributed by atoms with Crippen molar-refractivity contribution >= 4 is 40.8 Å². The summed E-state index contributed by atoms with van der Waals surface area (Å²) in [5.74, 6) is 2.57. The van der Waals surface area contributed by atoms with Crippen LogP contribution in [-0.4, -0.2) is 52.4 Å². The quantitative estimate of drug-likeness (QED) is 0.212. The topological polar surface area (TPSA) is 79.9 Å². The van der Waals surface area contributed by atoms with Crippen LogP contribution in [-0.2, 0) is 12.8 Å². The standard InChI is InChI=1S/C23H29FN4O3.HI/c1-25-23(26-9-7-15-14-28-20-6-5-16(24)11-19(15)20)27-10-8-18-21(30-3)12-17(29-2)13-22(18)31-4;/h5-6,11-14,28H,7-10H2,1-4H3,(H2,25,26,27);1H. The summed E-state index contributed by atoms with van der Waals surface area (Å²) in [6, 6.07) is 8.46. The maximum atomic E-state index is 13.5. The first-order valence-corrected chi connectivity index (χ1v) is 10.1. The fraction of sp³-hybridized carbons (Fsp3) is 0.348. The summed E-state index contributed by atoms with van der Waals surface area (Å²) in [6.45, 7) is 1.30. The first kappa shape index (κ1) is 25.6. The molecule has 2 aromatic carbocycles. The van der Waals surface area contributed by atoms with Gasteiger partial charge in [0.25, 0.3) is 0 Å². The number of aromatic amines is 1. The normalized spacial score (nSPS) is 11.1. The molecular weight excluding hydrogens is 526 g/mol. The van der Waals surface area contributed by atoms with E-state index in [4.69, 9.17) is 14.2 Å². The number of rotatable bonds is 9. The molecule has 1 aromatic heterocycles. The molecule has 0 aliphatic rings. The van der Waals surface area contributed by atoms with Crippen molar-refractivity contribution in [1.82, 2.24) is 15.6 Å². The molecule has 1 heterocycles. The average Bonchev–Trinajstić information content (AvgIpc) is 3.19. The van der Waals surface area contributed by atoms with Gasteiger partial charge in [-0.3, -0.25) is 4.99 Å². The van der Waals surface area contributed by atoms with Gasteiger partial charge in [0.1, 0.15) is 23.1 Å². The molecule has 0 bridgehead atoms. The zero-order chi connectivity index (χ0) is 22.2. The van der Waals surface area contributed by atoms with E-state index < -0.39 is 0 Å². The van der Waals surface area contributed by atoms with Gasteiger partial charge in [-0.1, -0.05) is 0 Å². The Labute approximate surface area is 204 Å². The van der Waals surface area contributed by atoms with E-state index in [-0.39, 0.29) is 29.8 Å². The summed E-state index contributed by atoms with van der Waals surface area (Å²) in [7, 11) is 6.59. The first-order valence-electron chi connectivity index (χ1n) is 10.1. The van der Waals surface area contributed by atoms with E-state index >= 15 is 0 Å². The second-order valence-corrected chi connectivity index (χ2v) is 6.94. The molecular formula is C23H30FIN4O3. The lowest BCUT2D eigenvalue weighted by Gasteiger charge is -2.16. The first-order chi connectivity index (χ1) is 15.1. The van der Waals surface area contributed by atoms with Gasteiger partial charge < -0.3 is 29.8 Å². The van der Waals surface area contributed by atoms with Crippen LogP contribution in [0, 0.1) is 5.82 Å². The monoisotopic (exact) mass is 556 g/mol. The molecule has 0 spiro atoms. The number of halogens is 2. The number of hydrogen-bond acceptors (Lipinski definition) is 4. The van der Waals surface area contributed by atoms with Crippen LogP contribution in [0.4, 0.5) is 4.39 Å². The van der Waals surface area contributed by atoms with E-state index in [9.17, 15) is 4.39 Å². The number of hydrogen-bond donors (Lipinski definition) is 3. The minimum absolute atomic E-state index is 0. The molecule has 3 rings (SSSR count). The second kappa shape index (κ2) is 12.4. The average molecular weight is 556 g/mol. The highest BCUT2D eigenvalue weighted by molar-refractivity contribution is 14.0. The summed E-state index contributed by atoms with van der Waals surface area (Å²) in [5, 5.41) is 7.51. The zero-order valence-corrected chi connectivity index (χ0v) is 21.1. The lowest BCUT2D eigenvalue weighted by molar-refractivity contribution is 0.368. The van der Waals surface area contributed by atoms with Crippen molar-refractivity contribution in [1.29, 1.82) is 0 Å². The molecule has 3 N–H and O–H groups in total. The molecule has 0 aliphatic heterocycles. The van der Waals surface area contributed by atoms with Crippen LogP contribution >= 0.6 is 24.0 Å². The maximum Gasteiger partial charge on any atom is 0.190 e. The molecule has 0 fully saturated rings. The highest BCUT2D eigenvalue weighted by Crippen LogP contribution is 2.34. The highest BCUT2D eigenvalue weighted by Gasteiger charge is 2.13. The number of aliphatic imine (C=N–C) groups is 1.